The minimum Gasteiger partial charge on any atom is -0.370 e. The smallest absolute Gasteiger partial charge is 0.193 e. The van der Waals surface area contributed by atoms with Crippen molar-refractivity contribution in [1.29, 1.82) is 0 Å². The number of hydrogen-bond donors (Lipinski definition) is 2. The Bertz CT molecular complexity index is 279. The molecule has 0 fully saturated rings. The van der Waals surface area contributed by atoms with E-state index in [0.29, 0.717) is 5.96 Å². The SMILES string of the molecule is CC(C)N=C(N)Nc1cccnc1. The highest BCUT2D eigenvalue weighted by Crippen LogP contribution is 2.01. The van der Waals surface area contributed by atoms with E-state index >= 15 is 0 Å². The van der Waals surface area contributed by atoms with Gasteiger partial charge in [0.2, 0.25) is 0 Å². The highest BCUT2D eigenvalue weighted by atomic mass is 15.1. The molecule has 0 spiro atoms. The third-order valence-electron chi connectivity index (χ3n) is 1.33. The van der Waals surface area contributed by atoms with Crippen molar-refractivity contribution in [1.82, 2.24) is 4.98 Å². The van der Waals surface area contributed by atoms with Crippen molar-refractivity contribution < 1.29 is 0 Å². The van der Waals surface area contributed by atoms with Gasteiger partial charge in [0.1, 0.15) is 0 Å². The summed E-state index contributed by atoms with van der Waals surface area (Å²) in [5.74, 6) is 0.419. The van der Waals surface area contributed by atoms with Crippen LogP contribution in [0.4, 0.5) is 5.69 Å². The Hall–Kier alpha value is -1.58. The lowest BCUT2D eigenvalue weighted by atomic mass is 10.4. The number of aliphatic imine (C=N–C) groups is 1. The van der Waals surface area contributed by atoms with Gasteiger partial charge in [0.15, 0.2) is 5.96 Å². The van der Waals surface area contributed by atoms with Crippen LogP contribution in [0.5, 0.6) is 0 Å². The summed E-state index contributed by atoms with van der Waals surface area (Å²) in [5, 5.41) is 2.94. The van der Waals surface area contributed by atoms with E-state index in [1.165, 1.54) is 0 Å². The summed E-state index contributed by atoms with van der Waals surface area (Å²) in [6, 6.07) is 3.92. The maximum atomic E-state index is 5.62. The second-order valence-electron chi connectivity index (χ2n) is 2.97. The molecule has 0 aromatic carbocycles. The zero-order chi connectivity index (χ0) is 9.68. The van der Waals surface area contributed by atoms with Crippen LogP contribution in [0.15, 0.2) is 29.5 Å². The van der Waals surface area contributed by atoms with Crippen LogP contribution in [-0.4, -0.2) is 17.0 Å². The van der Waals surface area contributed by atoms with Crippen molar-refractivity contribution in [2.75, 3.05) is 5.32 Å². The predicted molar refractivity (Wildman–Crippen MR) is 54.6 cm³/mol. The Morgan fingerprint density at radius 1 is 1.62 bits per heavy atom. The molecule has 1 aromatic heterocycles. The summed E-state index contributed by atoms with van der Waals surface area (Å²) in [7, 11) is 0. The molecule has 0 aliphatic rings. The van der Waals surface area contributed by atoms with Crippen LogP contribution in [0.25, 0.3) is 0 Å². The van der Waals surface area contributed by atoms with Crippen LogP contribution in [0.1, 0.15) is 13.8 Å². The Morgan fingerprint density at radius 2 is 2.38 bits per heavy atom. The third-order valence-corrected chi connectivity index (χ3v) is 1.33. The predicted octanol–water partition coefficient (Wildman–Crippen LogP) is 1.22. The molecule has 0 aliphatic carbocycles. The molecule has 0 bridgehead atoms. The third kappa shape index (κ3) is 3.55. The van der Waals surface area contributed by atoms with Crippen molar-refractivity contribution in [2.24, 2.45) is 10.7 Å². The lowest BCUT2D eigenvalue weighted by Gasteiger charge is -2.05. The summed E-state index contributed by atoms with van der Waals surface area (Å²) >= 11 is 0. The second kappa shape index (κ2) is 4.45. The fourth-order valence-electron chi connectivity index (χ4n) is 0.895. The van der Waals surface area contributed by atoms with Crippen LogP contribution in [0, 0.1) is 0 Å². The van der Waals surface area contributed by atoms with E-state index in [1.54, 1.807) is 12.4 Å². The molecule has 0 aliphatic heterocycles. The van der Waals surface area contributed by atoms with E-state index in [4.69, 9.17) is 5.73 Å². The van der Waals surface area contributed by atoms with Gasteiger partial charge in [-0.25, -0.2) is 0 Å². The molecular formula is C9H14N4. The van der Waals surface area contributed by atoms with Gasteiger partial charge in [-0.1, -0.05) is 0 Å². The summed E-state index contributed by atoms with van der Waals surface area (Å²) < 4.78 is 0. The molecule has 1 rings (SSSR count). The molecule has 1 heterocycles. The van der Waals surface area contributed by atoms with E-state index in [0.717, 1.165) is 5.69 Å². The van der Waals surface area contributed by atoms with Crippen molar-refractivity contribution >= 4 is 11.6 Å². The van der Waals surface area contributed by atoms with Crippen LogP contribution in [-0.2, 0) is 0 Å². The van der Waals surface area contributed by atoms with Crippen LogP contribution >= 0.6 is 0 Å². The van der Waals surface area contributed by atoms with Gasteiger partial charge in [-0.3, -0.25) is 9.98 Å². The van der Waals surface area contributed by atoms with Crippen LogP contribution in [0.3, 0.4) is 0 Å². The number of aromatic nitrogens is 1. The van der Waals surface area contributed by atoms with Gasteiger partial charge in [0.25, 0.3) is 0 Å². The highest BCUT2D eigenvalue weighted by molar-refractivity contribution is 5.92. The number of pyridine rings is 1. The average molecular weight is 178 g/mol. The first kappa shape index (κ1) is 9.51. The molecule has 13 heavy (non-hydrogen) atoms. The first-order valence-electron chi connectivity index (χ1n) is 4.19. The Kier molecular flexibility index (Phi) is 3.25. The Balaban J connectivity index is 2.60. The average Bonchev–Trinajstić information content (AvgIpc) is 2.04. The van der Waals surface area contributed by atoms with Gasteiger partial charge in [-0.15, -0.1) is 0 Å². The quantitative estimate of drug-likeness (QED) is 0.528. The number of rotatable bonds is 2. The summed E-state index contributed by atoms with van der Waals surface area (Å²) in [6.45, 7) is 3.94. The van der Waals surface area contributed by atoms with Gasteiger partial charge in [0, 0.05) is 12.2 Å². The molecule has 70 valence electrons. The first-order valence-corrected chi connectivity index (χ1v) is 4.19. The molecule has 4 heteroatoms. The summed E-state index contributed by atoms with van der Waals surface area (Å²) in [5.41, 5.74) is 6.47. The summed E-state index contributed by atoms with van der Waals surface area (Å²) in [6.07, 6.45) is 3.41. The van der Waals surface area contributed by atoms with Crippen LogP contribution in [0.2, 0.25) is 0 Å². The number of nitrogens with one attached hydrogen (secondary N) is 1. The Morgan fingerprint density at radius 3 is 2.92 bits per heavy atom. The molecule has 0 amide bonds. The molecule has 0 atom stereocenters. The zero-order valence-corrected chi connectivity index (χ0v) is 7.86. The number of hydrogen-bond acceptors (Lipinski definition) is 2. The fourth-order valence-corrected chi connectivity index (χ4v) is 0.895. The maximum absolute atomic E-state index is 5.62. The molecule has 0 saturated heterocycles. The van der Waals surface area contributed by atoms with Crippen molar-refractivity contribution in [3.63, 3.8) is 0 Å². The monoisotopic (exact) mass is 178 g/mol. The number of nitrogens with two attached hydrogens (primary N) is 1. The largest absolute Gasteiger partial charge is 0.370 e. The number of nitrogens with zero attached hydrogens (tertiary/aromatic N) is 2. The Labute approximate surface area is 77.9 Å². The van der Waals surface area contributed by atoms with E-state index in [2.05, 4.69) is 15.3 Å². The first-order chi connectivity index (χ1) is 6.18. The van der Waals surface area contributed by atoms with Gasteiger partial charge in [0.05, 0.1) is 11.9 Å². The van der Waals surface area contributed by atoms with Crippen molar-refractivity contribution in [3.8, 4) is 0 Å². The lowest BCUT2D eigenvalue weighted by Crippen LogP contribution is -2.23. The standard InChI is InChI=1S/C9H14N4/c1-7(2)12-9(10)13-8-4-3-5-11-6-8/h3-7H,1-2H3,(H3,10,12,13). The van der Waals surface area contributed by atoms with Crippen molar-refractivity contribution in [2.45, 2.75) is 19.9 Å². The molecule has 1 aromatic rings. The van der Waals surface area contributed by atoms with E-state index < -0.39 is 0 Å². The van der Waals surface area contributed by atoms with Gasteiger partial charge in [-0.2, -0.15) is 0 Å². The maximum Gasteiger partial charge on any atom is 0.193 e. The topological polar surface area (TPSA) is 63.3 Å². The van der Waals surface area contributed by atoms with Crippen LogP contribution < -0.4 is 11.1 Å². The molecule has 0 radical (unpaired) electrons. The van der Waals surface area contributed by atoms with E-state index in [1.807, 2.05) is 26.0 Å². The lowest BCUT2D eigenvalue weighted by molar-refractivity contribution is 0.833. The molecule has 3 N–H and O–H groups in total. The van der Waals surface area contributed by atoms with Gasteiger partial charge < -0.3 is 11.1 Å². The zero-order valence-electron chi connectivity index (χ0n) is 7.86. The number of guanidine groups is 1. The normalized spacial score (nSPS) is 11.8. The van der Waals surface area contributed by atoms with Crippen molar-refractivity contribution in [3.05, 3.63) is 24.5 Å². The summed E-state index contributed by atoms with van der Waals surface area (Å²) in [4.78, 5) is 8.07. The van der Waals surface area contributed by atoms with Gasteiger partial charge in [-0.05, 0) is 26.0 Å². The highest BCUT2D eigenvalue weighted by Gasteiger charge is 1.94. The second-order valence-corrected chi connectivity index (χ2v) is 2.97. The molecular weight excluding hydrogens is 164 g/mol. The van der Waals surface area contributed by atoms with Gasteiger partial charge >= 0.3 is 0 Å². The van der Waals surface area contributed by atoms with E-state index in [-0.39, 0.29) is 6.04 Å². The molecule has 0 unspecified atom stereocenters. The molecule has 4 nitrogen and oxygen atoms in total. The fraction of sp³-hybridized carbons (Fsp3) is 0.333. The minimum atomic E-state index is 0.198. The molecule has 0 saturated carbocycles. The van der Waals surface area contributed by atoms with E-state index in [9.17, 15) is 0 Å². The minimum absolute atomic E-state index is 0.198. The number of anilines is 1.